The van der Waals surface area contributed by atoms with E-state index in [4.69, 9.17) is 19.6 Å². The third-order valence-electron chi connectivity index (χ3n) is 7.46. The molecule has 3 aromatic rings. The van der Waals surface area contributed by atoms with E-state index in [0.717, 1.165) is 12.0 Å². The SMILES string of the molecule is Cc1oc2ccc([C@@H]3C[C@H]3c3ccccc3)cc2c1C(=O)N[C@@H](COCC1CN(C(=O)OC(C)(C)C)C1)C(N)=O. The molecule has 1 aliphatic carbocycles. The number of ether oxygens (including phenoxy) is 2. The van der Waals surface area contributed by atoms with E-state index in [1.165, 1.54) is 5.56 Å². The van der Waals surface area contributed by atoms with E-state index >= 15 is 0 Å². The first-order chi connectivity index (χ1) is 19.0. The van der Waals surface area contributed by atoms with Crippen molar-refractivity contribution in [3.63, 3.8) is 0 Å². The van der Waals surface area contributed by atoms with Gasteiger partial charge in [0.05, 0.1) is 18.8 Å². The number of amides is 3. The second kappa shape index (κ2) is 11.0. The number of aryl methyl sites for hydroxylation is 1. The molecule has 1 aromatic heterocycles. The van der Waals surface area contributed by atoms with Crippen molar-refractivity contribution in [3.8, 4) is 0 Å². The molecule has 2 aromatic carbocycles. The largest absolute Gasteiger partial charge is 0.461 e. The zero-order valence-electron chi connectivity index (χ0n) is 23.4. The van der Waals surface area contributed by atoms with Crippen molar-refractivity contribution in [2.24, 2.45) is 11.7 Å². The molecule has 1 saturated heterocycles. The number of carbonyl (C=O) groups is 3. The van der Waals surface area contributed by atoms with Gasteiger partial charge in [-0.1, -0.05) is 36.4 Å². The van der Waals surface area contributed by atoms with E-state index in [0.29, 0.717) is 53.8 Å². The molecule has 1 aliphatic heterocycles. The van der Waals surface area contributed by atoms with Crippen molar-refractivity contribution in [1.82, 2.24) is 10.2 Å². The van der Waals surface area contributed by atoms with Crippen molar-refractivity contribution in [2.75, 3.05) is 26.3 Å². The number of nitrogens with zero attached hydrogens (tertiary/aromatic N) is 1. The number of hydrogen-bond donors (Lipinski definition) is 2. The molecule has 40 heavy (non-hydrogen) atoms. The Bertz CT molecular complexity index is 1400. The summed E-state index contributed by atoms with van der Waals surface area (Å²) in [5.74, 6) is 0.330. The van der Waals surface area contributed by atoms with Gasteiger partial charge in [0.2, 0.25) is 5.91 Å². The minimum atomic E-state index is -1.01. The van der Waals surface area contributed by atoms with Crippen LogP contribution in [0.2, 0.25) is 0 Å². The highest BCUT2D eigenvalue weighted by atomic mass is 16.6. The standard InChI is InChI=1S/C31H37N3O6/c1-18-27(24-12-21(10-11-26(24)39-18)23-13-22(23)20-8-6-5-7-9-20)29(36)33-25(28(32)35)17-38-16-19-14-34(15-19)30(37)40-31(2,3)4/h5-12,19,22-23,25H,13-17H2,1-4H3,(H2,32,35)(H,33,36)/t22-,23-,25-/m0/s1. The first-order valence-electron chi connectivity index (χ1n) is 13.7. The first kappa shape index (κ1) is 27.7. The average molecular weight is 548 g/mol. The van der Waals surface area contributed by atoms with Crippen LogP contribution >= 0.6 is 0 Å². The van der Waals surface area contributed by atoms with Crippen molar-refractivity contribution < 1.29 is 28.3 Å². The van der Waals surface area contributed by atoms with Crippen LogP contribution in [0.3, 0.4) is 0 Å². The second-order valence-corrected chi connectivity index (χ2v) is 11.9. The highest BCUT2D eigenvalue weighted by molar-refractivity contribution is 6.08. The van der Waals surface area contributed by atoms with Crippen LogP contribution in [0.5, 0.6) is 0 Å². The molecule has 212 valence electrons. The molecule has 0 unspecified atom stereocenters. The number of furan rings is 1. The van der Waals surface area contributed by atoms with Crippen molar-refractivity contribution in [3.05, 3.63) is 71.0 Å². The predicted octanol–water partition coefficient (Wildman–Crippen LogP) is 4.48. The van der Waals surface area contributed by atoms with Gasteiger partial charge in [-0.2, -0.15) is 0 Å². The number of primary amides is 1. The van der Waals surface area contributed by atoms with E-state index < -0.39 is 23.5 Å². The number of hydrogen-bond acceptors (Lipinski definition) is 6. The van der Waals surface area contributed by atoms with Gasteiger partial charge in [-0.05, 0) is 69.2 Å². The Balaban J connectivity index is 1.18. The zero-order valence-corrected chi connectivity index (χ0v) is 23.4. The molecule has 1 saturated carbocycles. The highest BCUT2D eigenvalue weighted by Gasteiger charge is 2.40. The first-order valence-corrected chi connectivity index (χ1v) is 13.7. The van der Waals surface area contributed by atoms with Gasteiger partial charge in [-0.15, -0.1) is 0 Å². The van der Waals surface area contributed by atoms with Crippen LogP contribution in [-0.2, 0) is 14.3 Å². The van der Waals surface area contributed by atoms with Crippen LogP contribution in [0.4, 0.5) is 4.79 Å². The molecule has 3 amide bonds. The molecule has 0 spiro atoms. The quantitative estimate of drug-likeness (QED) is 0.407. The fourth-order valence-corrected chi connectivity index (χ4v) is 5.31. The summed E-state index contributed by atoms with van der Waals surface area (Å²) in [6, 6.07) is 15.4. The van der Waals surface area contributed by atoms with E-state index in [1.54, 1.807) is 11.8 Å². The second-order valence-electron chi connectivity index (χ2n) is 11.9. The maximum atomic E-state index is 13.3. The molecule has 2 aliphatic rings. The van der Waals surface area contributed by atoms with Crippen molar-refractivity contribution in [1.29, 1.82) is 0 Å². The summed E-state index contributed by atoms with van der Waals surface area (Å²) in [5.41, 5.74) is 8.53. The van der Waals surface area contributed by atoms with Crippen LogP contribution in [0.15, 0.2) is 52.9 Å². The third-order valence-corrected chi connectivity index (χ3v) is 7.46. The Morgan fingerprint density at radius 2 is 1.77 bits per heavy atom. The summed E-state index contributed by atoms with van der Waals surface area (Å²) in [7, 11) is 0. The summed E-state index contributed by atoms with van der Waals surface area (Å²) in [5, 5.41) is 3.45. The van der Waals surface area contributed by atoms with Gasteiger partial charge >= 0.3 is 6.09 Å². The van der Waals surface area contributed by atoms with Gasteiger partial charge < -0.3 is 29.8 Å². The van der Waals surface area contributed by atoms with Crippen LogP contribution in [0.25, 0.3) is 11.0 Å². The van der Waals surface area contributed by atoms with Gasteiger partial charge in [-0.3, -0.25) is 9.59 Å². The number of rotatable bonds is 9. The lowest BCUT2D eigenvalue weighted by Crippen LogP contribution is -2.53. The number of likely N-dealkylation sites (tertiary alicyclic amines) is 1. The molecule has 5 rings (SSSR count). The van der Waals surface area contributed by atoms with Crippen LogP contribution in [-0.4, -0.2) is 60.8 Å². The molecule has 3 atom stereocenters. The maximum Gasteiger partial charge on any atom is 0.410 e. The summed E-state index contributed by atoms with van der Waals surface area (Å²) in [6.07, 6.45) is 0.708. The smallest absolute Gasteiger partial charge is 0.410 e. The Morgan fingerprint density at radius 3 is 2.45 bits per heavy atom. The van der Waals surface area contributed by atoms with Crippen LogP contribution < -0.4 is 11.1 Å². The predicted molar refractivity (Wildman–Crippen MR) is 150 cm³/mol. The summed E-state index contributed by atoms with van der Waals surface area (Å²) in [4.78, 5) is 39.2. The molecule has 9 heteroatoms. The lowest BCUT2D eigenvalue weighted by atomic mass is 10.0. The third kappa shape index (κ3) is 6.14. The Hall–Kier alpha value is -3.85. The molecular formula is C31H37N3O6. The molecule has 2 fully saturated rings. The monoisotopic (exact) mass is 547 g/mol. The van der Waals surface area contributed by atoms with Gasteiger partial charge in [0, 0.05) is 24.4 Å². The van der Waals surface area contributed by atoms with E-state index in [-0.39, 0.29) is 18.6 Å². The lowest BCUT2D eigenvalue weighted by molar-refractivity contribution is -0.121. The highest BCUT2D eigenvalue weighted by Crippen LogP contribution is 2.55. The van der Waals surface area contributed by atoms with Crippen LogP contribution in [0, 0.1) is 12.8 Å². The molecular weight excluding hydrogens is 510 g/mol. The molecule has 0 radical (unpaired) electrons. The van der Waals surface area contributed by atoms with E-state index in [2.05, 4.69) is 35.6 Å². The van der Waals surface area contributed by atoms with Gasteiger partial charge in [0.15, 0.2) is 0 Å². The van der Waals surface area contributed by atoms with E-state index in [1.807, 2.05) is 39.0 Å². The summed E-state index contributed by atoms with van der Waals surface area (Å²) < 4.78 is 17.0. The maximum absolute atomic E-state index is 13.3. The molecule has 2 heterocycles. The number of fused-ring (bicyclic) bond motifs is 1. The summed E-state index contributed by atoms with van der Waals surface area (Å²) in [6.45, 7) is 8.50. The normalized spacial score (nSPS) is 19.6. The summed E-state index contributed by atoms with van der Waals surface area (Å²) >= 11 is 0. The van der Waals surface area contributed by atoms with Crippen molar-refractivity contribution >= 4 is 28.9 Å². The number of carbonyl (C=O) groups excluding carboxylic acids is 3. The number of benzene rings is 2. The fraction of sp³-hybridized carbons (Fsp3) is 0.452. The average Bonchev–Trinajstić information content (AvgIpc) is 3.59. The topological polar surface area (TPSA) is 124 Å². The minimum absolute atomic E-state index is 0.0646. The fourth-order valence-electron chi connectivity index (χ4n) is 5.31. The molecule has 0 bridgehead atoms. The zero-order chi connectivity index (χ0) is 28.6. The number of nitrogens with two attached hydrogens (primary N) is 1. The van der Waals surface area contributed by atoms with Crippen LogP contribution in [0.1, 0.15) is 66.3 Å². The Morgan fingerprint density at radius 1 is 1.07 bits per heavy atom. The Labute approximate surface area is 234 Å². The van der Waals surface area contributed by atoms with Crippen molar-refractivity contribution in [2.45, 2.75) is 57.6 Å². The lowest BCUT2D eigenvalue weighted by Gasteiger charge is -2.39. The molecule has 3 N–H and O–H groups in total. The molecule has 9 nitrogen and oxygen atoms in total. The van der Waals surface area contributed by atoms with Gasteiger partial charge in [0.1, 0.15) is 23.0 Å². The van der Waals surface area contributed by atoms with Gasteiger partial charge in [-0.25, -0.2) is 4.79 Å². The Kier molecular flexibility index (Phi) is 7.59. The minimum Gasteiger partial charge on any atom is -0.461 e. The van der Waals surface area contributed by atoms with E-state index in [9.17, 15) is 14.4 Å². The van der Waals surface area contributed by atoms with Gasteiger partial charge in [0.25, 0.3) is 5.91 Å². The number of nitrogens with one attached hydrogen (secondary N) is 1.